The van der Waals surface area contributed by atoms with Crippen molar-refractivity contribution in [1.82, 2.24) is 4.90 Å². The van der Waals surface area contributed by atoms with Crippen molar-refractivity contribution in [1.29, 1.82) is 0 Å². The first-order chi connectivity index (χ1) is 18.3. The van der Waals surface area contributed by atoms with Gasteiger partial charge in [-0.15, -0.1) is 0 Å². The van der Waals surface area contributed by atoms with Crippen molar-refractivity contribution in [2.75, 3.05) is 39.5 Å². The Balaban J connectivity index is 0. The van der Waals surface area contributed by atoms with E-state index in [2.05, 4.69) is 30.2 Å². The van der Waals surface area contributed by atoms with Gasteiger partial charge in [-0.25, -0.2) is 4.57 Å². The smallest absolute Gasteiger partial charge is 0.395 e. The Morgan fingerprint density at radius 3 is 1.39 bits per heavy atom. The third-order valence-corrected chi connectivity index (χ3v) is 7.56. The fraction of sp³-hybridized carbons (Fsp3) is 1.00. The van der Waals surface area contributed by atoms with Gasteiger partial charge in [-0.2, -0.15) is 0 Å². The van der Waals surface area contributed by atoms with E-state index in [1.807, 2.05) is 0 Å². The average Bonchev–Trinajstić information content (AvgIpc) is 2.88. The molecule has 0 aliphatic carbocycles. The van der Waals surface area contributed by atoms with Crippen LogP contribution < -0.4 is 0 Å². The van der Waals surface area contributed by atoms with Crippen molar-refractivity contribution >= 4 is 7.82 Å². The number of unbranched alkanes of at least 4 members (excludes halogenated alkanes) is 15. The highest BCUT2D eigenvalue weighted by molar-refractivity contribution is 7.46. The third kappa shape index (κ3) is 34.0. The molecule has 7 nitrogen and oxygen atoms in total. The minimum Gasteiger partial charge on any atom is -0.395 e. The van der Waals surface area contributed by atoms with Crippen LogP contribution in [0.3, 0.4) is 0 Å². The molecular weight excluding hydrogens is 501 g/mol. The highest BCUT2D eigenvalue weighted by Gasteiger charge is 2.17. The fourth-order valence-electron chi connectivity index (χ4n) is 4.66. The van der Waals surface area contributed by atoms with Crippen LogP contribution in [0.4, 0.5) is 0 Å². The molecule has 0 heterocycles. The monoisotopic (exact) mass is 567 g/mol. The molecule has 0 amide bonds. The van der Waals surface area contributed by atoms with Crippen LogP contribution in [-0.2, 0) is 9.09 Å². The summed E-state index contributed by atoms with van der Waals surface area (Å²) in [5.41, 5.74) is 0. The summed E-state index contributed by atoms with van der Waals surface area (Å²) in [5.74, 6) is 0.291. The van der Waals surface area contributed by atoms with E-state index >= 15 is 0 Å². The predicted octanol–water partition coefficient (Wildman–Crippen LogP) is 7.85. The highest BCUT2D eigenvalue weighted by atomic mass is 31.2. The summed E-state index contributed by atoms with van der Waals surface area (Å²) >= 11 is 0. The van der Waals surface area contributed by atoms with Crippen molar-refractivity contribution in [2.45, 2.75) is 149 Å². The second-order valence-corrected chi connectivity index (χ2v) is 12.1. The molecule has 0 bridgehead atoms. The summed E-state index contributed by atoms with van der Waals surface area (Å²) in [6, 6.07) is 0. The Hall–Kier alpha value is -0.0100. The Morgan fingerprint density at radius 2 is 0.974 bits per heavy atom. The summed E-state index contributed by atoms with van der Waals surface area (Å²) in [7, 11) is -4.31. The minimum absolute atomic E-state index is 0.192. The summed E-state index contributed by atoms with van der Waals surface area (Å²) in [4.78, 5) is 19.6. The van der Waals surface area contributed by atoms with E-state index in [1.165, 1.54) is 96.3 Å². The molecule has 0 rings (SSSR count). The van der Waals surface area contributed by atoms with Gasteiger partial charge in [-0.05, 0) is 31.7 Å². The number of phosphoric acid groups is 1. The van der Waals surface area contributed by atoms with Crippen molar-refractivity contribution in [3.63, 3.8) is 0 Å². The van der Waals surface area contributed by atoms with E-state index < -0.39 is 7.82 Å². The second-order valence-electron chi connectivity index (χ2n) is 10.8. The number of aliphatic hydroxyl groups excluding tert-OH is 2. The zero-order chi connectivity index (χ0) is 28.7. The summed E-state index contributed by atoms with van der Waals surface area (Å²) < 4.78 is 15.4. The van der Waals surface area contributed by atoms with E-state index in [4.69, 9.17) is 20.0 Å². The lowest BCUT2D eigenvalue weighted by molar-refractivity contribution is 0.157. The average molecular weight is 568 g/mol. The molecule has 38 heavy (non-hydrogen) atoms. The Labute approximate surface area is 236 Å². The van der Waals surface area contributed by atoms with E-state index in [0.717, 1.165) is 38.6 Å². The van der Waals surface area contributed by atoms with Crippen LogP contribution in [0.5, 0.6) is 0 Å². The Morgan fingerprint density at radius 1 is 0.579 bits per heavy atom. The van der Waals surface area contributed by atoms with Gasteiger partial charge >= 0.3 is 7.82 Å². The largest absolute Gasteiger partial charge is 0.469 e. The van der Waals surface area contributed by atoms with E-state index in [0.29, 0.717) is 19.0 Å². The molecule has 0 saturated heterocycles. The van der Waals surface area contributed by atoms with Gasteiger partial charge in [-0.1, -0.05) is 130 Å². The van der Waals surface area contributed by atoms with Gasteiger partial charge in [0.05, 0.1) is 19.8 Å². The summed E-state index contributed by atoms with van der Waals surface area (Å²) in [6.45, 7) is 9.57. The lowest BCUT2D eigenvalue weighted by Gasteiger charge is -2.19. The number of hydrogen-bond donors (Lipinski definition) is 4. The maximum atomic E-state index is 10.7. The quantitative estimate of drug-likeness (QED) is 0.0563. The van der Waals surface area contributed by atoms with Gasteiger partial charge in [0.25, 0.3) is 0 Å². The highest BCUT2D eigenvalue weighted by Crippen LogP contribution is 2.37. The van der Waals surface area contributed by atoms with Crippen molar-refractivity contribution in [3.05, 3.63) is 0 Å². The molecule has 0 spiro atoms. The first kappa shape index (κ1) is 40.1. The topological polar surface area (TPSA) is 110 Å². The molecule has 0 aromatic rings. The first-order valence-electron chi connectivity index (χ1n) is 16.0. The molecule has 1 atom stereocenters. The van der Waals surface area contributed by atoms with Gasteiger partial charge < -0.3 is 20.0 Å². The number of phosphoric ester groups is 1. The van der Waals surface area contributed by atoms with Crippen molar-refractivity contribution in [3.8, 4) is 0 Å². The standard InChI is InChI=1S/C16H35NO2.C14H31O4P/c1-2-3-4-5-6-7-8-9-10-11-12-17(13-15-18)14-16-19;1-3-5-7-8-9-10-12-14(11-6-4-2)13-18-19(15,16)17/h18-19H,2-16H2,1H3;14H,3-13H2,1-2H3,(H2,15,16,17). The van der Waals surface area contributed by atoms with Crippen molar-refractivity contribution < 1.29 is 29.1 Å². The number of nitrogens with zero attached hydrogens (tertiary/aromatic N) is 1. The molecule has 1 unspecified atom stereocenters. The van der Waals surface area contributed by atoms with E-state index in [1.54, 1.807) is 0 Å². The van der Waals surface area contributed by atoms with E-state index in [-0.39, 0.29) is 19.8 Å². The number of rotatable bonds is 28. The van der Waals surface area contributed by atoms with Crippen LogP contribution in [0.1, 0.15) is 149 Å². The lowest BCUT2D eigenvalue weighted by Crippen LogP contribution is -2.30. The van der Waals surface area contributed by atoms with Crippen LogP contribution in [-0.4, -0.2) is 64.4 Å². The second kappa shape index (κ2) is 31.5. The van der Waals surface area contributed by atoms with Gasteiger partial charge in [-0.3, -0.25) is 9.42 Å². The van der Waals surface area contributed by atoms with Crippen LogP contribution in [0.2, 0.25) is 0 Å². The maximum absolute atomic E-state index is 10.7. The molecular formula is C30H66NO6P. The molecule has 0 aliphatic rings. The fourth-order valence-corrected chi connectivity index (χ4v) is 5.07. The molecule has 0 aromatic carbocycles. The van der Waals surface area contributed by atoms with Crippen LogP contribution in [0.25, 0.3) is 0 Å². The Kier molecular flexibility index (Phi) is 33.3. The van der Waals surface area contributed by atoms with Crippen molar-refractivity contribution in [2.24, 2.45) is 5.92 Å². The van der Waals surface area contributed by atoms with Crippen LogP contribution in [0, 0.1) is 5.92 Å². The number of hydrogen-bond acceptors (Lipinski definition) is 5. The molecule has 0 fully saturated rings. The first-order valence-corrected chi connectivity index (χ1v) is 17.5. The minimum atomic E-state index is -4.31. The maximum Gasteiger partial charge on any atom is 0.469 e. The van der Waals surface area contributed by atoms with Crippen LogP contribution in [0.15, 0.2) is 0 Å². The number of aliphatic hydroxyl groups is 2. The van der Waals surface area contributed by atoms with Gasteiger partial charge in [0.2, 0.25) is 0 Å². The van der Waals surface area contributed by atoms with Crippen LogP contribution >= 0.6 is 7.82 Å². The van der Waals surface area contributed by atoms with Gasteiger partial charge in [0.15, 0.2) is 0 Å². The molecule has 232 valence electrons. The molecule has 0 aromatic heterocycles. The zero-order valence-electron chi connectivity index (χ0n) is 25.5. The van der Waals surface area contributed by atoms with Gasteiger partial charge in [0.1, 0.15) is 0 Å². The molecule has 4 N–H and O–H groups in total. The third-order valence-electron chi connectivity index (χ3n) is 7.07. The SMILES string of the molecule is CCCCCCCCC(CCCC)COP(=O)(O)O.CCCCCCCCCCCCN(CCO)CCO. The van der Waals surface area contributed by atoms with E-state index in [9.17, 15) is 4.57 Å². The molecule has 0 saturated carbocycles. The zero-order valence-corrected chi connectivity index (χ0v) is 26.4. The summed E-state index contributed by atoms with van der Waals surface area (Å²) in [6.07, 6.45) is 25.3. The molecule has 8 heteroatoms. The molecule has 0 aliphatic heterocycles. The van der Waals surface area contributed by atoms with Gasteiger partial charge in [0, 0.05) is 13.1 Å². The lowest BCUT2D eigenvalue weighted by atomic mass is 9.96. The molecule has 0 radical (unpaired) electrons. The normalized spacial score (nSPS) is 12.5. The summed E-state index contributed by atoms with van der Waals surface area (Å²) in [5, 5.41) is 17.8. The predicted molar refractivity (Wildman–Crippen MR) is 161 cm³/mol. The Bertz CT molecular complexity index is 485.